The van der Waals surface area contributed by atoms with Crippen molar-refractivity contribution < 1.29 is 8.42 Å². The van der Waals surface area contributed by atoms with Crippen molar-refractivity contribution in [3.63, 3.8) is 0 Å². The fourth-order valence-electron chi connectivity index (χ4n) is 2.77. The van der Waals surface area contributed by atoms with Crippen molar-refractivity contribution in [3.05, 3.63) is 0 Å². The minimum absolute atomic E-state index is 0. The van der Waals surface area contributed by atoms with Gasteiger partial charge in [-0.05, 0) is 37.8 Å². The zero-order chi connectivity index (χ0) is 10.5. The van der Waals surface area contributed by atoms with Crippen molar-refractivity contribution in [2.75, 3.05) is 26.2 Å². The third kappa shape index (κ3) is 2.09. The third-order valence-corrected chi connectivity index (χ3v) is 5.40. The number of nitrogens with one attached hydrogen (secondary N) is 2. The summed E-state index contributed by atoms with van der Waals surface area (Å²) in [6, 6.07) is 0.205. The number of halogens is 1. The summed E-state index contributed by atoms with van der Waals surface area (Å²) in [6.07, 6.45) is 2.00. The van der Waals surface area contributed by atoms with Gasteiger partial charge in [0.1, 0.15) is 0 Å². The molecule has 2 N–H and O–H groups in total. The van der Waals surface area contributed by atoms with Gasteiger partial charge in [0.15, 0.2) is 0 Å². The smallest absolute Gasteiger partial charge is 0.279 e. The van der Waals surface area contributed by atoms with Gasteiger partial charge in [-0.15, -0.1) is 12.4 Å². The molecule has 0 aromatic carbocycles. The maximum absolute atomic E-state index is 11.9. The lowest BCUT2D eigenvalue weighted by molar-refractivity contribution is 0.459. The van der Waals surface area contributed by atoms with Crippen LogP contribution in [-0.4, -0.2) is 44.9 Å². The number of fused-ring (bicyclic) bond motifs is 1. The Hall–Kier alpha value is 0.120. The van der Waals surface area contributed by atoms with Gasteiger partial charge < -0.3 is 5.32 Å². The van der Waals surface area contributed by atoms with E-state index in [0.717, 1.165) is 25.9 Å². The van der Waals surface area contributed by atoms with E-state index in [2.05, 4.69) is 10.0 Å². The predicted molar refractivity (Wildman–Crippen MR) is 63.7 cm³/mol. The van der Waals surface area contributed by atoms with Gasteiger partial charge in [0.2, 0.25) is 0 Å². The summed E-state index contributed by atoms with van der Waals surface area (Å²) in [5, 5.41) is 3.26. The molecule has 5 nitrogen and oxygen atoms in total. The average Bonchev–Trinajstić information content (AvgIpc) is 2.75. The van der Waals surface area contributed by atoms with Crippen LogP contribution in [-0.2, 0) is 10.2 Å². The van der Waals surface area contributed by atoms with E-state index in [1.54, 1.807) is 4.31 Å². The van der Waals surface area contributed by atoms with Crippen LogP contribution in [0.15, 0.2) is 0 Å². The zero-order valence-electron chi connectivity index (χ0n) is 9.05. The lowest BCUT2D eigenvalue weighted by atomic mass is 10.4. The highest BCUT2D eigenvalue weighted by Crippen LogP contribution is 2.42. The Bertz CT molecular complexity index is 346. The van der Waals surface area contributed by atoms with E-state index in [9.17, 15) is 8.42 Å². The Morgan fingerprint density at radius 2 is 1.69 bits per heavy atom. The number of hydrogen-bond donors (Lipinski definition) is 2. The fourth-order valence-corrected chi connectivity index (χ4v) is 4.35. The minimum atomic E-state index is -3.18. The molecule has 0 aromatic heterocycles. The SMILES string of the molecule is Cl.O=S(=O)(NC1C2CNCC21)N1CCCC1. The van der Waals surface area contributed by atoms with E-state index >= 15 is 0 Å². The highest BCUT2D eigenvalue weighted by molar-refractivity contribution is 7.87. The summed E-state index contributed by atoms with van der Waals surface area (Å²) in [5.74, 6) is 1.09. The van der Waals surface area contributed by atoms with Gasteiger partial charge in [0.25, 0.3) is 10.2 Å². The zero-order valence-corrected chi connectivity index (χ0v) is 10.7. The summed E-state index contributed by atoms with van der Waals surface area (Å²) in [7, 11) is -3.18. The van der Waals surface area contributed by atoms with Crippen LogP contribution in [0, 0.1) is 11.8 Å². The molecule has 2 saturated heterocycles. The molecule has 1 saturated carbocycles. The second-order valence-corrected chi connectivity index (χ2v) is 6.44. The normalized spacial score (nSPS) is 38.1. The number of rotatable bonds is 3. The average molecular weight is 268 g/mol. The summed E-state index contributed by atoms with van der Waals surface area (Å²) >= 11 is 0. The molecule has 3 fully saturated rings. The van der Waals surface area contributed by atoms with Crippen LogP contribution in [0.3, 0.4) is 0 Å². The summed E-state index contributed by atoms with van der Waals surface area (Å²) in [6.45, 7) is 3.32. The van der Waals surface area contributed by atoms with Crippen LogP contribution in [0.25, 0.3) is 0 Å². The van der Waals surface area contributed by atoms with Crippen molar-refractivity contribution in [1.29, 1.82) is 0 Å². The van der Waals surface area contributed by atoms with Gasteiger partial charge in [-0.3, -0.25) is 0 Å². The van der Waals surface area contributed by atoms with Gasteiger partial charge >= 0.3 is 0 Å². The standard InChI is InChI=1S/C9H17N3O2S.ClH/c13-15(14,12-3-1-2-4-12)11-9-7-5-10-6-8(7)9;/h7-11H,1-6H2;1H. The molecule has 3 aliphatic rings. The summed E-state index contributed by atoms with van der Waals surface area (Å²) < 4.78 is 28.2. The van der Waals surface area contributed by atoms with Crippen molar-refractivity contribution in [1.82, 2.24) is 14.3 Å². The molecule has 1 aliphatic carbocycles. The Balaban J connectivity index is 0.000000963. The molecule has 3 rings (SSSR count). The lowest BCUT2D eigenvalue weighted by Crippen LogP contribution is -2.42. The topological polar surface area (TPSA) is 61.4 Å². The third-order valence-electron chi connectivity index (χ3n) is 3.78. The minimum Gasteiger partial charge on any atom is -0.316 e. The largest absolute Gasteiger partial charge is 0.316 e. The van der Waals surface area contributed by atoms with Gasteiger partial charge in [-0.2, -0.15) is 17.4 Å². The Morgan fingerprint density at radius 1 is 1.12 bits per heavy atom. The van der Waals surface area contributed by atoms with E-state index in [4.69, 9.17) is 0 Å². The van der Waals surface area contributed by atoms with E-state index in [1.807, 2.05) is 0 Å². The van der Waals surface area contributed by atoms with Gasteiger partial charge in [-0.1, -0.05) is 0 Å². The van der Waals surface area contributed by atoms with Crippen molar-refractivity contribution in [3.8, 4) is 0 Å². The van der Waals surface area contributed by atoms with Crippen LogP contribution in [0.2, 0.25) is 0 Å². The molecule has 0 aromatic rings. The molecule has 2 heterocycles. The Morgan fingerprint density at radius 3 is 2.25 bits per heavy atom. The molecule has 2 atom stereocenters. The molecule has 0 radical (unpaired) electrons. The van der Waals surface area contributed by atoms with Crippen LogP contribution in [0.1, 0.15) is 12.8 Å². The number of nitrogens with zero attached hydrogens (tertiary/aromatic N) is 1. The van der Waals surface area contributed by atoms with Crippen LogP contribution in [0.4, 0.5) is 0 Å². The lowest BCUT2D eigenvalue weighted by Gasteiger charge is -2.17. The number of hydrogen-bond acceptors (Lipinski definition) is 3. The molecule has 0 spiro atoms. The highest BCUT2D eigenvalue weighted by Gasteiger charge is 2.54. The van der Waals surface area contributed by atoms with E-state index in [1.165, 1.54) is 0 Å². The molecule has 16 heavy (non-hydrogen) atoms. The first-order chi connectivity index (χ1) is 7.18. The second kappa shape index (κ2) is 4.42. The Kier molecular flexibility index (Phi) is 3.47. The van der Waals surface area contributed by atoms with E-state index < -0.39 is 10.2 Å². The maximum Gasteiger partial charge on any atom is 0.279 e. The van der Waals surface area contributed by atoms with Crippen LogP contribution >= 0.6 is 12.4 Å². The molecular weight excluding hydrogens is 250 g/mol. The first kappa shape index (κ1) is 12.6. The molecule has 94 valence electrons. The fraction of sp³-hybridized carbons (Fsp3) is 1.00. The van der Waals surface area contributed by atoms with Gasteiger partial charge in [-0.25, -0.2) is 0 Å². The maximum atomic E-state index is 11.9. The first-order valence-electron chi connectivity index (χ1n) is 5.66. The van der Waals surface area contributed by atoms with Crippen LogP contribution < -0.4 is 10.0 Å². The molecule has 2 unspecified atom stereocenters. The van der Waals surface area contributed by atoms with Crippen LogP contribution in [0.5, 0.6) is 0 Å². The second-order valence-electron chi connectivity index (χ2n) is 4.74. The summed E-state index contributed by atoms with van der Waals surface area (Å²) in [4.78, 5) is 0. The van der Waals surface area contributed by atoms with Crippen molar-refractivity contribution in [2.24, 2.45) is 11.8 Å². The Labute approximate surface area is 103 Å². The summed E-state index contributed by atoms with van der Waals surface area (Å²) in [5.41, 5.74) is 0. The number of piperidine rings is 1. The monoisotopic (exact) mass is 267 g/mol. The van der Waals surface area contributed by atoms with Crippen molar-refractivity contribution >= 4 is 22.6 Å². The van der Waals surface area contributed by atoms with Gasteiger partial charge in [0.05, 0.1) is 0 Å². The highest BCUT2D eigenvalue weighted by atomic mass is 35.5. The van der Waals surface area contributed by atoms with E-state index in [-0.39, 0.29) is 18.4 Å². The van der Waals surface area contributed by atoms with E-state index in [0.29, 0.717) is 24.9 Å². The van der Waals surface area contributed by atoms with Crippen molar-refractivity contribution in [2.45, 2.75) is 18.9 Å². The van der Waals surface area contributed by atoms with Gasteiger partial charge in [0, 0.05) is 19.1 Å². The molecule has 7 heteroatoms. The quantitative estimate of drug-likeness (QED) is 0.729. The molecule has 0 amide bonds. The molecular formula is C9H18ClN3O2S. The predicted octanol–water partition coefficient (Wildman–Crippen LogP) is -0.444. The first-order valence-corrected chi connectivity index (χ1v) is 7.10. The molecule has 0 bridgehead atoms. The molecule has 2 aliphatic heterocycles.